The standard InChI is InChI=1S/C22H33N3O/c1-15-4-2-3-11-25(15)14-17-7-5-16(6-8-17)13-24-22(26)20-18-9-10-19(12-18)21(20)23/h5-8,15,18-21H,2-4,9-14,23H2,1H3,(H,24,26). The third-order valence-corrected chi connectivity index (χ3v) is 7.10. The summed E-state index contributed by atoms with van der Waals surface area (Å²) in [4.78, 5) is 15.2. The van der Waals surface area contributed by atoms with Crippen LogP contribution in [0.5, 0.6) is 0 Å². The number of carbonyl (C=O) groups excluding carboxylic acids is 1. The Kier molecular flexibility index (Phi) is 5.32. The summed E-state index contributed by atoms with van der Waals surface area (Å²) in [6.07, 6.45) is 7.55. The highest BCUT2D eigenvalue weighted by Gasteiger charge is 2.48. The number of nitrogens with two attached hydrogens (primary N) is 1. The summed E-state index contributed by atoms with van der Waals surface area (Å²) in [5, 5.41) is 3.13. The minimum Gasteiger partial charge on any atom is -0.352 e. The first-order valence-corrected chi connectivity index (χ1v) is 10.5. The maximum absolute atomic E-state index is 12.6. The van der Waals surface area contributed by atoms with E-state index in [4.69, 9.17) is 5.73 Å². The van der Waals surface area contributed by atoms with Crippen LogP contribution < -0.4 is 11.1 Å². The quantitative estimate of drug-likeness (QED) is 0.853. The highest BCUT2D eigenvalue weighted by atomic mass is 16.1. The summed E-state index contributed by atoms with van der Waals surface area (Å²) in [7, 11) is 0. The summed E-state index contributed by atoms with van der Waals surface area (Å²) in [5.74, 6) is 1.29. The number of nitrogens with zero attached hydrogens (tertiary/aromatic N) is 1. The van der Waals surface area contributed by atoms with Gasteiger partial charge in [0.15, 0.2) is 0 Å². The molecule has 1 heterocycles. The molecule has 1 aromatic carbocycles. The zero-order valence-electron chi connectivity index (χ0n) is 16.0. The van der Waals surface area contributed by atoms with Gasteiger partial charge in [0.1, 0.15) is 0 Å². The Labute approximate surface area is 157 Å². The molecule has 2 saturated carbocycles. The van der Waals surface area contributed by atoms with Gasteiger partial charge >= 0.3 is 0 Å². The van der Waals surface area contributed by atoms with Crippen LogP contribution in [0.1, 0.15) is 56.6 Å². The van der Waals surface area contributed by atoms with Crippen LogP contribution in [-0.4, -0.2) is 29.4 Å². The van der Waals surface area contributed by atoms with Gasteiger partial charge in [0.25, 0.3) is 0 Å². The zero-order valence-corrected chi connectivity index (χ0v) is 16.0. The fraction of sp³-hybridized carbons (Fsp3) is 0.682. The van der Waals surface area contributed by atoms with Gasteiger partial charge in [-0.25, -0.2) is 0 Å². The number of hydrogen-bond donors (Lipinski definition) is 2. The molecule has 4 rings (SSSR count). The molecule has 1 aliphatic heterocycles. The minimum absolute atomic E-state index is 0.0358. The van der Waals surface area contributed by atoms with Crippen LogP contribution in [0.25, 0.3) is 0 Å². The van der Waals surface area contributed by atoms with E-state index in [0.29, 0.717) is 24.4 Å². The van der Waals surface area contributed by atoms with E-state index in [1.807, 2.05) is 0 Å². The number of likely N-dealkylation sites (tertiary alicyclic amines) is 1. The van der Waals surface area contributed by atoms with E-state index in [1.165, 1.54) is 49.8 Å². The fourth-order valence-corrected chi connectivity index (χ4v) is 5.42. The average molecular weight is 356 g/mol. The molecule has 2 aliphatic carbocycles. The smallest absolute Gasteiger partial charge is 0.225 e. The Hall–Kier alpha value is -1.39. The van der Waals surface area contributed by atoms with Crippen molar-refractivity contribution in [1.29, 1.82) is 0 Å². The molecule has 3 aliphatic rings. The Morgan fingerprint density at radius 2 is 1.85 bits per heavy atom. The van der Waals surface area contributed by atoms with Crippen molar-refractivity contribution in [2.45, 2.75) is 70.6 Å². The molecule has 0 radical (unpaired) electrons. The lowest BCUT2D eigenvalue weighted by Gasteiger charge is -2.33. The SMILES string of the molecule is CC1CCCCN1Cc1ccc(CNC(=O)C2C3CCC(C3)C2N)cc1. The summed E-state index contributed by atoms with van der Waals surface area (Å²) in [6, 6.07) is 9.50. The Balaban J connectivity index is 1.28. The third-order valence-electron chi connectivity index (χ3n) is 7.10. The predicted octanol–water partition coefficient (Wildman–Crippen LogP) is 3.05. The second-order valence-corrected chi connectivity index (χ2v) is 8.79. The van der Waals surface area contributed by atoms with Gasteiger partial charge in [-0.1, -0.05) is 30.7 Å². The first-order valence-electron chi connectivity index (χ1n) is 10.5. The highest BCUT2D eigenvalue weighted by Crippen LogP contribution is 2.47. The molecule has 4 nitrogen and oxygen atoms in total. The van der Waals surface area contributed by atoms with E-state index < -0.39 is 0 Å². The maximum Gasteiger partial charge on any atom is 0.225 e. The van der Waals surface area contributed by atoms with Crippen molar-refractivity contribution in [3.05, 3.63) is 35.4 Å². The number of benzene rings is 1. The molecule has 0 spiro atoms. The van der Waals surface area contributed by atoms with Gasteiger partial charge in [-0.3, -0.25) is 9.69 Å². The number of fused-ring (bicyclic) bond motifs is 2. The molecule has 3 N–H and O–H groups in total. The molecule has 1 aromatic rings. The molecular formula is C22H33N3O. The van der Waals surface area contributed by atoms with E-state index in [0.717, 1.165) is 13.0 Å². The molecule has 3 fully saturated rings. The van der Waals surface area contributed by atoms with Crippen molar-refractivity contribution in [1.82, 2.24) is 10.2 Å². The lowest BCUT2D eigenvalue weighted by molar-refractivity contribution is -0.127. The molecule has 5 unspecified atom stereocenters. The number of amides is 1. The first kappa shape index (κ1) is 18.0. The second kappa shape index (κ2) is 7.69. The summed E-state index contributed by atoms with van der Waals surface area (Å²) in [5.41, 5.74) is 8.83. The van der Waals surface area contributed by atoms with Crippen molar-refractivity contribution in [2.75, 3.05) is 6.54 Å². The molecule has 26 heavy (non-hydrogen) atoms. The van der Waals surface area contributed by atoms with Gasteiger partial charge in [-0.2, -0.15) is 0 Å². The molecule has 1 saturated heterocycles. The highest BCUT2D eigenvalue weighted by molar-refractivity contribution is 5.80. The van der Waals surface area contributed by atoms with Crippen LogP contribution in [0.15, 0.2) is 24.3 Å². The van der Waals surface area contributed by atoms with Gasteiger partial charge in [0.2, 0.25) is 5.91 Å². The van der Waals surface area contributed by atoms with E-state index >= 15 is 0 Å². The van der Waals surface area contributed by atoms with Crippen LogP contribution in [0.4, 0.5) is 0 Å². The second-order valence-electron chi connectivity index (χ2n) is 8.79. The van der Waals surface area contributed by atoms with Gasteiger partial charge in [0.05, 0.1) is 5.92 Å². The van der Waals surface area contributed by atoms with Gasteiger partial charge in [-0.15, -0.1) is 0 Å². The van der Waals surface area contributed by atoms with Crippen molar-refractivity contribution in [2.24, 2.45) is 23.5 Å². The minimum atomic E-state index is 0.0358. The molecule has 4 heteroatoms. The number of carbonyl (C=O) groups is 1. The van der Waals surface area contributed by atoms with E-state index in [9.17, 15) is 4.79 Å². The average Bonchev–Trinajstić information content (AvgIpc) is 3.24. The summed E-state index contributed by atoms with van der Waals surface area (Å²) >= 11 is 0. The molecule has 2 bridgehead atoms. The van der Waals surface area contributed by atoms with Gasteiger partial charge in [-0.05, 0) is 68.5 Å². The van der Waals surface area contributed by atoms with Crippen LogP contribution >= 0.6 is 0 Å². The number of rotatable bonds is 5. The van der Waals surface area contributed by atoms with Crippen LogP contribution in [0.2, 0.25) is 0 Å². The topological polar surface area (TPSA) is 58.4 Å². The summed E-state index contributed by atoms with van der Waals surface area (Å²) in [6.45, 7) is 5.19. The summed E-state index contributed by atoms with van der Waals surface area (Å²) < 4.78 is 0. The lowest BCUT2D eigenvalue weighted by Crippen LogP contribution is -2.45. The monoisotopic (exact) mass is 355 g/mol. The Bertz CT molecular complexity index is 627. The number of piperidine rings is 1. The van der Waals surface area contributed by atoms with Crippen LogP contribution in [-0.2, 0) is 17.9 Å². The van der Waals surface area contributed by atoms with Crippen LogP contribution in [0, 0.1) is 17.8 Å². The Morgan fingerprint density at radius 3 is 2.54 bits per heavy atom. The van der Waals surface area contributed by atoms with Crippen molar-refractivity contribution < 1.29 is 4.79 Å². The Morgan fingerprint density at radius 1 is 1.12 bits per heavy atom. The van der Waals surface area contributed by atoms with Gasteiger partial charge < -0.3 is 11.1 Å². The number of hydrogen-bond acceptors (Lipinski definition) is 3. The van der Waals surface area contributed by atoms with Crippen molar-refractivity contribution >= 4 is 5.91 Å². The molecule has 142 valence electrons. The van der Waals surface area contributed by atoms with Crippen molar-refractivity contribution in [3.8, 4) is 0 Å². The molecule has 0 aromatic heterocycles. The number of nitrogens with one attached hydrogen (secondary N) is 1. The third kappa shape index (κ3) is 3.67. The first-order chi connectivity index (χ1) is 12.6. The van der Waals surface area contributed by atoms with Gasteiger partial charge in [0, 0.05) is 25.2 Å². The molecular weight excluding hydrogens is 322 g/mol. The van der Waals surface area contributed by atoms with Crippen LogP contribution in [0.3, 0.4) is 0 Å². The molecule has 5 atom stereocenters. The lowest BCUT2D eigenvalue weighted by atomic mass is 9.84. The maximum atomic E-state index is 12.6. The zero-order chi connectivity index (χ0) is 18.1. The molecule has 1 amide bonds. The fourth-order valence-electron chi connectivity index (χ4n) is 5.42. The van der Waals surface area contributed by atoms with E-state index in [-0.39, 0.29) is 17.9 Å². The van der Waals surface area contributed by atoms with E-state index in [1.54, 1.807) is 0 Å². The predicted molar refractivity (Wildman–Crippen MR) is 104 cm³/mol. The largest absolute Gasteiger partial charge is 0.352 e. The normalized spacial score (nSPS) is 34.2. The van der Waals surface area contributed by atoms with E-state index in [2.05, 4.69) is 41.4 Å². The van der Waals surface area contributed by atoms with Crippen molar-refractivity contribution in [3.63, 3.8) is 0 Å².